The molecule has 0 bridgehead atoms. The largest absolute Gasteiger partial charge is 0.444 e. The van der Waals surface area contributed by atoms with Gasteiger partial charge in [-0.05, 0) is 32.9 Å². The third-order valence-electron chi connectivity index (χ3n) is 3.85. The molecule has 2 N–H and O–H groups in total. The highest BCUT2D eigenvalue weighted by molar-refractivity contribution is 7.09. The maximum atomic E-state index is 5.59. The Kier molecular flexibility index (Phi) is 6.01. The number of aryl methyl sites for hydroxylation is 2. The lowest BCUT2D eigenvalue weighted by atomic mass is 10.1. The lowest BCUT2D eigenvalue weighted by molar-refractivity contribution is 0.572. The van der Waals surface area contributed by atoms with Gasteiger partial charge in [0.2, 0.25) is 5.89 Å². The van der Waals surface area contributed by atoms with Crippen LogP contribution in [-0.4, -0.2) is 22.5 Å². The van der Waals surface area contributed by atoms with Crippen molar-refractivity contribution in [3.63, 3.8) is 0 Å². The maximum absolute atomic E-state index is 5.59. The standard InChI is InChI=1S/C19H23N5OS/c1-4-20-19(22-10-17-14(3)23-12-26-17)21-9-16-11-25-18(24-16)15-7-5-13(2)6-8-15/h5-8,11-12H,4,9-10H2,1-3H3,(H2,20,21,22). The molecule has 0 aliphatic carbocycles. The number of nitrogens with one attached hydrogen (secondary N) is 2. The number of aromatic nitrogens is 2. The molecule has 1 aromatic carbocycles. The van der Waals surface area contributed by atoms with E-state index < -0.39 is 0 Å². The summed E-state index contributed by atoms with van der Waals surface area (Å²) in [6.07, 6.45) is 1.66. The van der Waals surface area contributed by atoms with Crippen molar-refractivity contribution in [1.82, 2.24) is 20.6 Å². The highest BCUT2D eigenvalue weighted by Crippen LogP contribution is 2.19. The van der Waals surface area contributed by atoms with E-state index in [0.29, 0.717) is 19.0 Å². The van der Waals surface area contributed by atoms with Crippen molar-refractivity contribution in [3.8, 4) is 11.5 Å². The Morgan fingerprint density at radius 2 is 2.00 bits per heavy atom. The lowest BCUT2D eigenvalue weighted by Gasteiger charge is -2.10. The van der Waals surface area contributed by atoms with Crippen LogP contribution in [0.5, 0.6) is 0 Å². The van der Waals surface area contributed by atoms with Crippen LogP contribution < -0.4 is 10.6 Å². The van der Waals surface area contributed by atoms with Gasteiger partial charge < -0.3 is 15.1 Å². The quantitative estimate of drug-likeness (QED) is 0.512. The molecule has 0 aliphatic heterocycles. The first kappa shape index (κ1) is 18.1. The third-order valence-corrected chi connectivity index (χ3v) is 4.79. The number of thiazole rings is 1. The second-order valence-electron chi connectivity index (χ2n) is 5.92. The van der Waals surface area contributed by atoms with Gasteiger partial charge >= 0.3 is 0 Å². The Labute approximate surface area is 157 Å². The molecule has 26 heavy (non-hydrogen) atoms. The molecule has 0 amide bonds. The Morgan fingerprint density at radius 1 is 1.19 bits per heavy atom. The number of aliphatic imine (C=N–C) groups is 1. The molecule has 0 atom stereocenters. The summed E-state index contributed by atoms with van der Waals surface area (Å²) >= 11 is 1.64. The number of guanidine groups is 1. The van der Waals surface area contributed by atoms with Crippen molar-refractivity contribution >= 4 is 17.3 Å². The van der Waals surface area contributed by atoms with E-state index in [1.165, 1.54) is 10.4 Å². The minimum atomic E-state index is 0.451. The minimum absolute atomic E-state index is 0.451. The van der Waals surface area contributed by atoms with E-state index in [1.807, 2.05) is 43.6 Å². The summed E-state index contributed by atoms with van der Waals surface area (Å²) in [7, 11) is 0. The van der Waals surface area contributed by atoms with Crippen LogP contribution in [0, 0.1) is 13.8 Å². The Bertz CT molecular complexity index is 866. The normalized spacial score (nSPS) is 11.6. The van der Waals surface area contributed by atoms with Gasteiger partial charge in [-0.15, -0.1) is 11.3 Å². The van der Waals surface area contributed by atoms with E-state index in [0.717, 1.165) is 29.5 Å². The number of benzene rings is 1. The van der Waals surface area contributed by atoms with Crippen LogP contribution in [-0.2, 0) is 13.1 Å². The predicted molar refractivity (Wildman–Crippen MR) is 105 cm³/mol. The number of oxazole rings is 1. The van der Waals surface area contributed by atoms with Crippen molar-refractivity contribution in [2.75, 3.05) is 6.54 Å². The predicted octanol–water partition coefficient (Wildman–Crippen LogP) is 3.67. The van der Waals surface area contributed by atoms with Gasteiger partial charge in [0.1, 0.15) is 12.0 Å². The van der Waals surface area contributed by atoms with Crippen LogP contribution in [0.4, 0.5) is 0 Å². The van der Waals surface area contributed by atoms with Gasteiger partial charge in [-0.2, -0.15) is 0 Å². The molecule has 0 unspecified atom stereocenters. The fourth-order valence-corrected chi connectivity index (χ4v) is 3.09. The van der Waals surface area contributed by atoms with Crippen molar-refractivity contribution < 1.29 is 4.42 Å². The van der Waals surface area contributed by atoms with Gasteiger partial charge in [0.15, 0.2) is 5.96 Å². The zero-order valence-electron chi connectivity index (χ0n) is 15.2. The molecule has 0 spiro atoms. The van der Waals surface area contributed by atoms with Crippen LogP contribution in [0.1, 0.15) is 28.8 Å². The van der Waals surface area contributed by atoms with Gasteiger partial charge in [-0.3, -0.25) is 0 Å². The minimum Gasteiger partial charge on any atom is -0.444 e. The summed E-state index contributed by atoms with van der Waals surface area (Å²) in [6.45, 7) is 8.06. The molecule has 136 valence electrons. The fourth-order valence-electron chi connectivity index (χ4n) is 2.37. The van der Waals surface area contributed by atoms with Crippen molar-refractivity contribution in [1.29, 1.82) is 0 Å². The van der Waals surface area contributed by atoms with E-state index in [-0.39, 0.29) is 0 Å². The van der Waals surface area contributed by atoms with E-state index in [9.17, 15) is 0 Å². The third kappa shape index (κ3) is 4.70. The maximum Gasteiger partial charge on any atom is 0.226 e. The van der Waals surface area contributed by atoms with Crippen LogP contribution in [0.2, 0.25) is 0 Å². The number of rotatable bonds is 6. The van der Waals surface area contributed by atoms with Gasteiger partial charge in [0, 0.05) is 17.0 Å². The Balaban J connectivity index is 1.64. The SMILES string of the molecule is CCNC(=NCc1coc(-c2ccc(C)cc2)n1)NCc1scnc1C. The van der Waals surface area contributed by atoms with E-state index in [4.69, 9.17) is 4.42 Å². The Morgan fingerprint density at radius 3 is 2.69 bits per heavy atom. The first-order chi connectivity index (χ1) is 12.7. The van der Waals surface area contributed by atoms with Gasteiger partial charge in [0.05, 0.1) is 24.3 Å². The smallest absolute Gasteiger partial charge is 0.226 e. The molecule has 0 saturated carbocycles. The summed E-state index contributed by atoms with van der Waals surface area (Å²) in [4.78, 5) is 14.6. The topological polar surface area (TPSA) is 75.3 Å². The zero-order chi connectivity index (χ0) is 18.4. The zero-order valence-corrected chi connectivity index (χ0v) is 16.1. The van der Waals surface area contributed by atoms with Crippen LogP contribution in [0.25, 0.3) is 11.5 Å². The molecule has 2 aromatic heterocycles. The fraction of sp³-hybridized carbons (Fsp3) is 0.316. The molecule has 0 fully saturated rings. The van der Waals surface area contributed by atoms with E-state index in [2.05, 4.69) is 32.5 Å². The molecule has 2 heterocycles. The van der Waals surface area contributed by atoms with Crippen molar-refractivity contribution in [2.24, 2.45) is 4.99 Å². The van der Waals surface area contributed by atoms with Crippen LogP contribution in [0.15, 0.2) is 45.4 Å². The number of hydrogen-bond acceptors (Lipinski definition) is 5. The highest BCUT2D eigenvalue weighted by Gasteiger charge is 2.07. The molecule has 0 radical (unpaired) electrons. The van der Waals surface area contributed by atoms with Crippen LogP contribution in [0.3, 0.4) is 0 Å². The van der Waals surface area contributed by atoms with Crippen molar-refractivity contribution in [3.05, 3.63) is 57.9 Å². The summed E-state index contributed by atoms with van der Waals surface area (Å²) in [5.41, 5.74) is 5.89. The van der Waals surface area contributed by atoms with Crippen LogP contribution >= 0.6 is 11.3 Å². The summed E-state index contributed by atoms with van der Waals surface area (Å²) in [5.74, 6) is 1.37. The molecule has 6 nitrogen and oxygen atoms in total. The summed E-state index contributed by atoms with van der Waals surface area (Å²) in [5, 5.41) is 6.57. The first-order valence-electron chi connectivity index (χ1n) is 8.58. The average molecular weight is 369 g/mol. The molecule has 7 heteroatoms. The molecular formula is C19H23N5OS. The number of hydrogen-bond donors (Lipinski definition) is 2. The van der Waals surface area contributed by atoms with Gasteiger partial charge in [-0.1, -0.05) is 17.7 Å². The van der Waals surface area contributed by atoms with Gasteiger partial charge in [0.25, 0.3) is 0 Å². The van der Waals surface area contributed by atoms with E-state index >= 15 is 0 Å². The second kappa shape index (κ2) is 8.62. The average Bonchev–Trinajstić information content (AvgIpc) is 3.27. The monoisotopic (exact) mass is 369 g/mol. The molecule has 3 aromatic rings. The number of nitrogens with zero attached hydrogens (tertiary/aromatic N) is 3. The summed E-state index contributed by atoms with van der Waals surface area (Å²) < 4.78 is 5.59. The van der Waals surface area contributed by atoms with E-state index in [1.54, 1.807) is 17.6 Å². The summed E-state index contributed by atoms with van der Waals surface area (Å²) in [6, 6.07) is 8.12. The molecular weight excluding hydrogens is 346 g/mol. The lowest BCUT2D eigenvalue weighted by Crippen LogP contribution is -2.36. The first-order valence-corrected chi connectivity index (χ1v) is 9.46. The molecule has 3 rings (SSSR count). The van der Waals surface area contributed by atoms with Gasteiger partial charge in [-0.25, -0.2) is 15.0 Å². The highest BCUT2D eigenvalue weighted by atomic mass is 32.1. The molecule has 0 aliphatic rings. The Hall–Kier alpha value is -2.67. The second-order valence-corrected chi connectivity index (χ2v) is 6.86. The molecule has 0 saturated heterocycles. The van der Waals surface area contributed by atoms with Crippen molar-refractivity contribution in [2.45, 2.75) is 33.9 Å².